The lowest BCUT2D eigenvalue weighted by atomic mass is 10.1. The van der Waals surface area contributed by atoms with Crippen LogP contribution in [0.3, 0.4) is 0 Å². The van der Waals surface area contributed by atoms with E-state index in [1.54, 1.807) is 35.9 Å². The maximum Gasteiger partial charge on any atom is 0.211 e. The van der Waals surface area contributed by atoms with Crippen molar-refractivity contribution < 1.29 is 12.8 Å². The second-order valence-electron chi connectivity index (χ2n) is 8.82. The summed E-state index contributed by atoms with van der Waals surface area (Å²) in [5.74, 6) is -0.527. The molecule has 0 aliphatic carbocycles. The van der Waals surface area contributed by atoms with Gasteiger partial charge in [0, 0.05) is 46.0 Å². The molecule has 5 rings (SSSR count). The van der Waals surface area contributed by atoms with Crippen molar-refractivity contribution in [2.45, 2.75) is 16.3 Å². The third-order valence-corrected chi connectivity index (χ3v) is 8.29. The van der Waals surface area contributed by atoms with Gasteiger partial charge in [-0.25, -0.2) is 12.8 Å². The number of pyridine rings is 1. The minimum atomic E-state index is -4.03. The maximum atomic E-state index is 15.3. The molecule has 1 aliphatic rings. The minimum absolute atomic E-state index is 0.0296. The lowest BCUT2D eigenvalue weighted by Gasteiger charge is -2.36. The zero-order valence-corrected chi connectivity index (χ0v) is 20.2. The zero-order valence-electron chi connectivity index (χ0n) is 19.4. The fourth-order valence-electron chi connectivity index (χ4n) is 4.61. The lowest BCUT2D eigenvalue weighted by Crippen LogP contribution is -2.46. The SMILES string of the molecule is Cn1cc(S(=O)(=O)c2ccccc2)c(=O)c2cc(F)c(N3CCN(Cc4ccccc4)CC3)cc21. The molecule has 2 heterocycles. The first-order valence-electron chi connectivity index (χ1n) is 11.5. The van der Waals surface area contributed by atoms with Gasteiger partial charge in [0.05, 0.1) is 21.5 Å². The molecule has 4 aromatic rings. The second kappa shape index (κ2) is 9.28. The van der Waals surface area contributed by atoms with Crippen LogP contribution >= 0.6 is 0 Å². The molecule has 0 amide bonds. The topological polar surface area (TPSA) is 62.6 Å². The van der Waals surface area contributed by atoms with Crippen LogP contribution < -0.4 is 10.3 Å². The van der Waals surface area contributed by atoms with Crippen molar-refractivity contribution in [3.05, 3.63) is 101 Å². The number of aryl methyl sites for hydroxylation is 1. The van der Waals surface area contributed by atoms with Crippen LogP contribution in [0.25, 0.3) is 10.9 Å². The number of benzene rings is 3. The summed E-state index contributed by atoms with van der Waals surface area (Å²) < 4.78 is 43.0. The van der Waals surface area contributed by atoms with Crippen LogP contribution in [0.1, 0.15) is 5.56 Å². The van der Waals surface area contributed by atoms with Gasteiger partial charge in [-0.2, -0.15) is 0 Å². The normalized spacial score (nSPS) is 15.0. The molecule has 0 bridgehead atoms. The monoisotopic (exact) mass is 491 g/mol. The van der Waals surface area contributed by atoms with Gasteiger partial charge in [0.1, 0.15) is 10.7 Å². The highest BCUT2D eigenvalue weighted by atomic mass is 32.2. The number of halogens is 1. The van der Waals surface area contributed by atoms with Crippen LogP contribution in [0.15, 0.2) is 93.6 Å². The van der Waals surface area contributed by atoms with Crippen LogP contribution in [0.4, 0.5) is 10.1 Å². The molecule has 1 fully saturated rings. The van der Waals surface area contributed by atoms with Crippen LogP contribution in [-0.2, 0) is 23.4 Å². The molecular formula is C27H26FN3O3S. The van der Waals surface area contributed by atoms with Gasteiger partial charge < -0.3 is 9.47 Å². The van der Waals surface area contributed by atoms with E-state index in [2.05, 4.69) is 17.0 Å². The second-order valence-corrected chi connectivity index (χ2v) is 10.7. The number of nitrogens with zero attached hydrogens (tertiary/aromatic N) is 3. The molecule has 1 saturated heterocycles. The average molecular weight is 492 g/mol. The molecule has 35 heavy (non-hydrogen) atoms. The average Bonchev–Trinajstić information content (AvgIpc) is 2.87. The third-order valence-electron chi connectivity index (χ3n) is 6.53. The molecule has 6 nitrogen and oxygen atoms in total. The predicted octanol–water partition coefficient (Wildman–Crippen LogP) is 3.83. The highest BCUT2D eigenvalue weighted by molar-refractivity contribution is 7.91. The van der Waals surface area contributed by atoms with Crippen molar-refractivity contribution in [3.63, 3.8) is 0 Å². The van der Waals surface area contributed by atoms with E-state index in [1.165, 1.54) is 30.0 Å². The fraction of sp³-hybridized carbons (Fsp3) is 0.222. The summed E-state index contributed by atoms with van der Waals surface area (Å²) >= 11 is 0. The van der Waals surface area contributed by atoms with Gasteiger partial charge >= 0.3 is 0 Å². The van der Waals surface area contributed by atoms with Gasteiger partial charge in [0.2, 0.25) is 15.3 Å². The zero-order chi connectivity index (χ0) is 24.6. The van der Waals surface area contributed by atoms with Gasteiger partial charge in [-0.05, 0) is 29.8 Å². The molecule has 0 saturated carbocycles. The largest absolute Gasteiger partial charge is 0.367 e. The van der Waals surface area contributed by atoms with E-state index in [1.807, 2.05) is 23.1 Å². The Bertz CT molecular complexity index is 1530. The molecule has 1 aliphatic heterocycles. The van der Waals surface area contributed by atoms with Crippen LogP contribution in [0, 0.1) is 5.82 Å². The summed E-state index contributed by atoms with van der Waals surface area (Å²) in [6.07, 6.45) is 1.33. The Hall–Kier alpha value is -3.49. The number of hydrogen-bond acceptors (Lipinski definition) is 5. The minimum Gasteiger partial charge on any atom is -0.367 e. The first kappa shape index (κ1) is 23.3. The molecule has 3 aromatic carbocycles. The van der Waals surface area contributed by atoms with E-state index in [-0.39, 0.29) is 15.2 Å². The van der Waals surface area contributed by atoms with E-state index in [0.29, 0.717) is 24.3 Å². The Kier molecular flexibility index (Phi) is 6.17. The summed E-state index contributed by atoms with van der Waals surface area (Å²) in [6.45, 7) is 3.74. The van der Waals surface area contributed by atoms with Crippen molar-refractivity contribution in [3.8, 4) is 0 Å². The number of piperazine rings is 1. The number of hydrogen-bond donors (Lipinski definition) is 0. The van der Waals surface area contributed by atoms with Crippen molar-refractivity contribution >= 4 is 26.4 Å². The highest BCUT2D eigenvalue weighted by Crippen LogP contribution is 2.28. The highest BCUT2D eigenvalue weighted by Gasteiger charge is 2.25. The standard InChI is InChI=1S/C27H26FN3O3S/c1-29-19-26(35(33,34)21-10-6-3-7-11-21)27(32)22-16-23(28)25(17-24(22)29)31-14-12-30(13-15-31)18-20-8-4-2-5-9-20/h2-11,16-17,19H,12-15,18H2,1H3. The quantitative estimate of drug-likeness (QED) is 0.425. The Labute approximate surface area is 203 Å². The molecule has 0 spiro atoms. The summed E-state index contributed by atoms with van der Waals surface area (Å²) in [4.78, 5) is 17.2. The molecule has 0 N–H and O–H groups in total. The van der Waals surface area contributed by atoms with Crippen molar-refractivity contribution in [1.82, 2.24) is 9.47 Å². The lowest BCUT2D eigenvalue weighted by molar-refractivity contribution is 0.249. The number of sulfone groups is 1. The Morgan fingerprint density at radius 3 is 2.17 bits per heavy atom. The van der Waals surface area contributed by atoms with Crippen molar-refractivity contribution in [1.29, 1.82) is 0 Å². The van der Waals surface area contributed by atoms with Crippen molar-refractivity contribution in [2.75, 3.05) is 31.1 Å². The number of rotatable bonds is 5. The predicted molar refractivity (Wildman–Crippen MR) is 135 cm³/mol. The van der Waals surface area contributed by atoms with E-state index in [0.717, 1.165) is 19.6 Å². The maximum absolute atomic E-state index is 15.3. The Morgan fingerprint density at radius 1 is 0.886 bits per heavy atom. The van der Waals surface area contributed by atoms with Gasteiger partial charge in [-0.3, -0.25) is 9.69 Å². The van der Waals surface area contributed by atoms with E-state index >= 15 is 4.39 Å². The van der Waals surface area contributed by atoms with E-state index < -0.39 is 21.1 Å². The van der Waals surface area contributed by atoms with E-state index in [4.69, 9.17) is 0 Å². The van der Waals surface area contributed by atoms with Crippen LogP contribution in [-0.4, -0.2) is 44.1 Å². The summed E-state index contributed by atoms with van der Waals surface area (Å²) in [5, 5.41) is 0.0495. The molecule has 180 valence electrons. The third kappa shape index (κ3) is 4.47. The Balaban J connectivity index is 1.44. The van der Waals surface area contributed by atoms with Crippen LogP contribution in [0.5, 0.6) is 0 Å². The molecule has 0 unspecified atom stereocenters. The Morgan fingerprint density at radius 2 is 1.51 bits per heavy atom. The van der Waals surface area contributed by atoms with Gasteiger partial charge in [0.25, 0.3) is 0 Å². The van der Waals surface area contributed by atoms with Crippen LogP contribution in [0.2, 0.25) is 0 Å². The van der Waals surface area contributed by atoms with E-state index in [9.17, 15) is 13.2 Å². The first-order chi connectivity index (χ1) is 16.8. The van der Waals surface area contributed by atoms with Gasteiger partial charge in [-0.1, -0.05) is 48.5 Å². The van der Waals surface area contributed by atoms with Crippen molar-refractivity contribution in [2.24, 2.45) is 7.05 Å². The molecule has 1 aromatic heterocycles. The number of fused-ring (bicyclic) bond motifs is 1. The molecular weight excluding hydrogens is 465 g/mol. The van der Waals surface area contributed by atoms with Gasteiger partial charge in [0.15, 0.2) is 0 Å². The number of anilines is 1. The van der Waals surface area contributed by atoms with Gasteiger partial charge in [-0.15, -0.1) is 0 Å². The summed E-state index contributed by atoms with van der Waals surface area (Å²) in [7, 11) is -2.36. The number of aromatic nitrogens is 1. The molecule has 8 heteroatoms. The summed E-state index contributed by atoms with van der Waals surface area (Å²) in [6, 6.07) is 20.9. The smallest absolute Gasteiger partial charge is 0.211 e. The molecule has 0 radical (unpaired) electrons. The fourth-order valence-corrected chi connectivity index (χ4v) is 6.03. The summed E-state index contributed by atoms with van der Waals surface area (Å²) in [5.41, 5.74) is 1.46. The molecule has 0 atom stereocenters. The first-order valence-corrected chi connectivity index (χ1v) is 13.0.